The average Bonchev–Trinajstić information content (AvgIpc) is 2.97. The number of rotatable bonds is 4. The molecule has 0 spiro atoms. The van der Waals surface area contributed by atoms with Crippen LogP contribution < -0.4 is 4.90 Å². The average molecular weight is 331 g/mol. The summed E-state index contributed by atoms with van der Waals surface area (Å²) in [5, 5.41) is 0. The number of carbonyl (C=O) groups excluding carboxylic acids is 1. The first kappa shape index (κ1) is 17.2. The van der Waals surface area contributed by atoms with E-state index in [1.807, 2.05) is 12.4 Å². The van der Waals surface area contributed by atoms with E-state index in [0.717, 1.165) is 52.0 Å². The van der Waals surface area contributed by atoms with E-state index in [-0.39, 0.29) is 11.3 Å². The molecular weight excluding hydrogens is 302 g/mol. The number of pyridine rings is 1. The molecule has 2 aliphatic heterocycles. The van der Waals surface area contributed by atoms with Crippen molar-refractivity contribution in [3.63, 3.8) is 0 Å². The molecule has 0 bridgehead atoms. The Hall–Kier alpha value is -1.62. The zero-order chi connectivity index (χ0) is 17.2. The predicted octanol–water partition coefficient (Wildman–Crippen LogP) is 2.49. The standard InChI is InChI=1S/C19H29N3O2/c1-15-12-20-8-4-17(15)21-9-5-16(6-10-21)18(23)22-11-7-19(2,13-22)14-24-3/h4,8,12,16H,5-7,9-11,13-14H2,1-3H3. The maximum atomic E-state index is 12.9. The van der Waals surface area contributed by atoms with E-state index in [2.05, 4.69) is 34.7 Å². The highest BCUT2D eigenvalue weighted by atomic mass is 16.5. The number of nitrogens with zero attached hydrogens (tertiary/aromatic N) is 3. The Kier molecular flexibility index (Phi) is 5.09. The van der Waals surface area contributed by atoms with Crippen LogP contribution in [0.4, 0.5) is 5.69 Å². The number of anilines is 1. The number of aryl methyl sites for hydroxylation is 1. The van der Waals surface area contributed by atoms with Crippen molar-refractivity contribution in [3.8, 4) is 0 Å². The smallest absolute Gasteiger partial charge is 0.225 e. The van der Waals surface area contributed by atoms with Crippen molar-refractivity contribution in [2.45, 2.75) is 33.1 Å². The molecular formula is C19H29N3O2. The fourth-order valence-corrected chi connectivity index (χ4v) is 4.12. The molecule has 2 aliphatic rings. The lowest BCUT2D eigenvalue weighted by Gasteiger charge is -2.35. The maximum Gasteiger partial charge on any atom is 0.225 e. The highest BCUT2D eigenvalue weighted by Crippen LogP contribution is 2.33. The van der Waals surface area contributed by atoms with Gasteiger partial charge in [0.25, 0.3) is 0 Å². The second-order valence-electron chi connectivity index (χ2n) is 7.68. The number of hydrogen-bond donors (Lipinski definition) is 0. The molecule has 2 saturated heterocycles. The van der Waals surface area contributed by atoms with Crippen molar-refractivity contribution in [3.05, 3.63) is 24.0 Å². The van der Waals surface area contributed by atoms with Gasteiger partial charge < -0.3 is 14.5 Å². The number of hydrogen-bond acceptors (Lipinski definition) is 4. The van der Waals surface area contributed by atoms with Gasteiger partial charge in [-0.3, -0.25) is 9.78 Å². The Labute approximate surface area is 145 Å². The third kappa shape index (κ3) is 3.56. The lowest BCUT2D eigenvalue weighted by molar-refractivity contribution is -0.135. The van der Waals surface area contributed by atoms with Crippen molar-refractivity contribution in [1.82, 2.24) is 9.88 Å². The largest absolute Gasteiger partial charge is 0.384 e. The van der Waals surface area contributed by atoms with Crippen LogP contribution in [0, 0.1) is 18.3 Å². The van der Waals surface area contributed by atoms with Gasteiger partial charge in [0, 0.05) is 62.7 Å². The summed E-state index contributed by atoms with van der Waals surface area (Å²) in [6, 6.07) is 2.08. The minimum atomic E-state index is 0.124. The Morgan fingerprint density at radius 1 is 1.38 bits per heavy atom. The van der Waals surface area contributed by atoms with E-state index >= 15 is 0 Å². The van der Waals surface area contributed by atoms with Crippen LogP contribution in [0.1, 0.15) is 31.7 Å². The van der Waals surface area contributed by atoms with Gasteiger partial charge in [-0.15, -0.1) is 0 Å². The number of methoxy groups -OCH3 is 1. The van der Waals surface area contributed by atoms with Gasteiger partial charge in [-0.2, -0.15) is 0 Å². The normalized spacial score (nSPS) is 25.3. The third-order valence-electron chi connectivity index (χ3n) is 5.54. The fourth-order valence-electron chi connectivity index (χ4n) is 4.12. The Morgan fingerprint density at radius 2 is 2.12 bits per heavy atom. The van der Waals surface area contributed by atoms with Gasteiger partial charge in [0.2, 0.25) is 5.91 Å². The van der Waals surface area contributed by atoms with E-state index in [1.54, 1.807) is 7.11 Å². The van der Waals surface area contributed by atoms with Gasteiger partial charge in [0.1, 0.15) is 0 Å². The molecule has 1 aromatic heterocycles. The van der Waals surface area contributed by atoms with Crippen LogP contribution in [0.3, 0.4) is 0 Å². The van der Waals surface area contributed by atoms with Gasteiger partial charge in [-0.25, -0.2) is 0 Å². The second-order valence-corrected chi connectivity index (χ2v) is 7.68. The molecule has 1 amide bonds. The SMILES string of the molecule is COCC1(C)CCN(C(=O)C2CCN(c3ccncc3C)CC2)C1. The molecule has 5 nitrogen and oxygen atoms in total. The molecule has 132 valence electrons. The van der Waals surface area contributed by atoms with Crippen molar-refractivity contribution in [1.29, 1.82) is 0 Å². The van der Waals surface area contributed by atoms with Crippen molar-refractivity contribution in [2.75, 3.05) is 44.8 Å². The summed E-state index contributed by atoms with van der Waals surface area (Å²) in [5.41, 5.74) is 2.58. The molecule has 3 heterocycles. The second kappa shape index (κ2) is 7.09. The number of amides is 1. The molecule has 1 unspecified atom stereocenters. The molecule has 5 heteroatoms. The quantitative estimate of drug-likeness (QED) is 0.850. The van der Waals surface area contributed by atoms with Gasteiger partial charge >= 0.3 is 0 Å². The first-order valence-corrected chi connectivity index (χ1v) is 8.96. The first-order chi connectivity index (χ1) is 11.5. The highest BCUT2D eigenvalue weighted by molar-refractivity contribution is 5.79. The lowest BCUT2D eigenvalue weighted by Crippen LogP contribution is -2.42. The Balaban J connectivity index is 1.55. The summed E-state index contributed by atoms with van der Waals surface area (Å²) in [7, 11) is 1.74. The monoisotopic (exact) mass is 331 g/mol. The zero-order valence-corrected chi connectivity index (χ0v) is 15.1. The summed E-state index contributed by atoms with van der Waals surface area (Å²) in [6.45, 7) is 8.66. The van der Waals surface area contributed by atoms with E-state index in [4.69, 9.17) is 4.74 Å². The molecule has 0 N–H and O–H groups in total. The molecule has 24 heavy (non-hydrogen) atoms. The van der Waals surface area contributed by atoms with E-state index in [1.165, 1.54) is 11.3 Å². The fraction of sp³-hybridized carbons (Fsp3) is 0.684. The first-order valence-electron chi connectivity index (χ1n) is 8.96. The van der Waals surface area contributed by atoms with E-state index in [0.29, 0.717) is 5.91 Å². The van der Waals surface area contributed by atoms with Crippen molar-refractivity contribution in [2.24, 2.45) is 11.3 Å². The number of likely N-dealkylation sites (tertiary alicyclic amines) is 1. The molecule has 2 fully saturated rings. The Morgan fingerprint density at radius 3 is 2.79 bits per heavy atom. The Bertz CT molecular complexity index is 584. The molecule has 0 radical (unpaired) electrons. The summed E-state index contributed by atoms with van der Waals surface area (Å²) < 4.78 is 5.33. The van der Waals surface area contributed by atoms with Gasteiger partial charge in [0.05, 0.1) is 6.61 Å². The summed E-state index contributed by atoms with van der Waals surface area (Å²) >= 11 is 0. The number of aromatic nitrogens is 1. The summed E-state index contributed by atoms with van der Waals surface area (Å²) in [4.78, 5) is 21.5. The van der Waals surface area contributed by atoms with Crippen molar-refractivity contribution < 1.29 is 9.53 Å². The van der Waals surface area contributed by atoms with Crippen LogP contribution in [-0.2, 0) is 9.53 Å². The van der Waals surface area contributed by atoms with E-state index in [9.17, 15) is 4.79 Å². The molecule has 1 aromatic rings. The minimum absolute atomic E-state index is 0.124. The molecule has 3 rings (SSSR count). The van der Waals surface area contributed by atoms with Crippen LogP contribution in [-0.4, -0.2) is 55.7 Å². The zero-order valence-electron chi connectivity index (χ0n) is 15.1. The van der Waals surface area contributed by atoms with Gasteiger partial charge in [-0.1, -0.05) is 6.92 Å². The van der Waals surface area contributed by atoms with Crippen LogP contribution in [0.15, 0.2) is 18.5 Å². The predicted molar refractivity (Wildman–Crippen MR) is 95.1 cm³/mol. The topological polar surface area (TPSA) is 45.7 Å². The van der Waals surface area contributed by atoms with Crippen LogP contribution in [0.2, 0.25) is 0 Å². The highest BCUT2D eigenvalue weighted by Gasteiger charge is 2.38. The van der Waals surface area contributed by atoms with E-state index < -0.39 is 0 Å². The number of piperidine rings is 1. The summed E-state index contributed by atoms with van der Waals surface area (Å²) in [6.07, 6.45) is 6.69. The van der Waals surface area contributed by atoms with Crippen molar-refractivity contribution >= 4 is 11.6 Å². The van der Waals surface area contributed by atoms with Crippen LogP contribution in [0.5, 0.6) is 0 Å². The molecule has 0 saturated carbocycles. The van der Waals surface area contributed by atoms with Crippen LogP contribution >= 0.6 is 0 Å². The molecule has 0 aliphatic carbocycles. The van der Waals surface area contributed by atoms with Crippen LogP contribution in [0.25, 0.3) is 0 Å². The molecule has 1 atom stereocenters. The third-order valence-corrected chi connectivity index (χ3v) is 5.54. The lowest BCUT2D eigenvalue weighted by atomic mass is 9.91. The number of ether oxygens (including phenoxy) is 1. The van der Waals surface area contributed by atoms with Gasteiger partial charge in [0.15, 0.2) is 0 Å². The molecule has 0 aromatic carbocycles. The summed E-state index contributed by atoms with van der Waals surface area (Å²) in [5.74, 6) is 0.522. The van der Waals surface area contributed by atoms with Gasteiger partial charge in [-0.05, 0) is 37.8 Å². The minimum Gasteiger partial charge on any atom is -0.384 e. The maximum absolute atomic E-state index is 12.9. The number of carbonyl (C=O) groups is 1.